The summed E-state index contributed by atoms with van der Waals surface area (Å²) in [7, 11) is 0. The van der Waals surface area contributed by atoms with Crippen LogP contribution in [0.1, 0.15) is 33.6 Å². The van der Waals surface area contributed by atoms with Gasteiger partial charge in [-0.25, -0.2) is 0 Å². The molecule has 0 bridgehead atoms. The summed E-state index contributed by atoms with van der Waals surface area (Å²) in [6.45, 7) is 5.55. The second-order valence-electron chi connectivity index (χ2n) is 2.52. The molecule has 3 heteroatoms. The average molecular weight is 160 g/mol. The van der Waals surface area contributed by atoms with E-state index in [1.807, 2.05) is 20.8 Å². The van der Waals surface area contributed by atoms with Crippen molar-refractivity contribution in [3.05, 3.63) is 0 Å². The van der Waals surface area contributed by atoms with Crippen LogP contribution in [0.15, 0.2) is 0 Å². The van der Waals surface area contributed by atoms with Crippen LogP contribution in [0.5, 0.6) is 0 Å². The Hall–Kier alpha value is -0.860. The van der Waals surface area contributed by atoms with Gasteiger partial charge in [-0.05, 0) is 6.42 Å². The van der Waals surface area contributed by atoms with Crippen LogP contribution in [-0.2, 0) is 9.59 Å². The van der Waals surface area contributed by atoms with E-state index >= 15 is 0 Å². The number of rotatable bonds is 3. The van der Waals surface area contributed by atoms with Crippen molar-refractivity contribution in [2.45, 2.75) is 33.6 Å². The number of carbonyl (C=O) groups excluding carboxylic acids is 1. The highest BCUT2D eigenvalue weighted by Crippen LogP contribution is 1.82. The largest absolute Gasteiger partial charge is 0.481 e. The van der Waals surface area contributed by atoms with Gasteiger partial charge in [0.2, 0.25) is 0 Å². The van der Waals surface area contributed by atoms with Crippen molar-refractivity contribution >= 4 is 12.3 Å². The monoisotopic (exact) mass is 160 g/mol. The maximum Gasteiger partial charge on any atom is 0.303 e. The highest BCUT2D eigenvalue weighted by atomic mass is 16.4. The Balaban J connectivity index is 0. The minimum Gasteiger partial charge on any atom is -0.481 e. The van der Waals surface area contributed by atoms with Gasteiger partial charge in [0.1, 0.15) is 6.29 Å². The molecule has 0 aliphatic carbocycles. The number of aldehydes is 1. The lowest BCUT2D eigenvalue weighted by atomic mass is 10.3. The fraction of sp³-hybridized carbons (Fsp3) is 0.750. The van der Waals surface area contributed by atoms with Crippen molar-refractivity contribution in [1.29, 1.82) is 0 Å². The van der Waals surface area contributed by atoms with Crippen LogP contribution in [0.25, 0.3) is 0 Å². The lowest BCUT2D eigenvalue weighted by molar-refractivity contribution is -0.137. The fourth-order valence-electron chi connectivity index (χ4n) is 0.214. The van der Waals surface area contributed by atoms with Crippen molar-refractivity contribution in [3.63, 3.8) is 0 Å². The van der Waals surface area contributed by atoms with E-state index in [2.05, 4.69) is 0 Å². The topological polar surface area (TPSA) is 54.4 Å². The predicted octanol–water partition coefficient (Wildman–Crippen LogP) is 1.71. The van der Waals surface area contributed by atoms with E-state index in [0.717, 1.165) is 12.7 Å². The van der Waals surface area contributed by atoms with Crippen LogP contribution in [0.2, 0.25) is 0 Å². The van der Waals surface area contributed by atoms with Gasteiger partial charge in [0.25, 0.3) is 0 Å². The standard InChI is InChI=1S/C4H8O2.C4H8O/c1-2-3-4(5)6;1-4(2)3-5/h2-3H2,1H3,(H,5,6);3-4H,1-2H3. The molecule has 0 atom stereocenters. The van der Waals surface area contributed by atoms with Gasteiger partial charge in [-0.2, -0.15) is 0 Å². The average Bonchev–Trinajstić information content (AvgIpc) is 1.89. The molecule has 0 aliphatic heterocycles. The van der Waals surface area contributed by atoms with Crippen molar-refractivity contribution in [1.82, 2.24) is 0 Å². The molecule has 11 heavy (non-hydrogen) atoms. The predicted molar refractivity (Wildman–Crippen MR) is 43.4 cm³/mol. The Morgan fingerprint density at radius 1 is 1.55 bits per heavy atom. The molecule has 0 saturated heterocycles. The van der Waals surface area contributed by atoms with Gasteiger partial charge < -0.3 is 9.90 Å². The molecule has 0 rings (SSSR count). The van der Waals surface area contributed by atoms with Crippen molar-refractivity contribution in [3.8, 4) is 0 Å². The Morgan fingerprint density at radius 2 is 1.91 bits per heavy atom. The Labute approximate surface area is 67.4 Å². The smallest absolute Gasteiger partial charge is 0.303 e. The first kappa shape index (κ1) is 12.8. The summed E-state index contributed by atoms with van der Waals surface area (Å²) in [5, 5.41) is 7.91. The van der Waals surface area contributed by atoms with Crippen LogP contribution in [0.3, 0.4) is 0 Å². The van der Waals surface area contributed by atoms with Crippen LogP contribution in [-0.4, -0.2) is 17.4 Å². The summed E-state index contributed by atoms with van der Waals surface area (Å²) in [5.74, 6) is -0.507. The summed E-state index contributed by atoms with van der Waals surface area (Å²) < 4.78 is 0. The van der Waals surface area contributed by atoms with Crippen LogP contribution in [0.4, 0.5) is 0 Å². The van der Waals surface area contributed by atoms with E-state index in [9.17, 15) is 9.59 Å². The minimum atomic E-state index is -0.711. The molecule has 0 fully saturated rings. The van der Waals surface area contributed by atoms with Crippen LogP contribution >= 0.6 is 0 Å². The number of hydrogen-bond acceptors (Lipinski definition) is 2. The molecule has 3 nitrogen and oxygen atoms in total. The summed E-state index contributed by atoms with van der Waals surface area (Å²) in [6.07, 6.45) is 1.94. The van der Waals surface area contributed by atoms with Crippen molar-refractivity contribution in [2.75, 3.05) is 0 Å². The van der Waals surface area contributed by atoms with E-state index in [1.54, 1.807) is 0 Å². The van der Waals surface area contributed by atoms with E-state index in [1.165, 1.54) is 0 Å². The molecule has 0 aromatic heterocycles. The molecule has 66 valence electrons. The SMILES string of the molecule is CC(C)C=O.CCCC(=O)O. The van der Waals surface area contributed by atoms with Gasteiger partial charge in [-0.1, -0.05) is 20.8 Å². The summed E-state index contributed by atoms with van der Waals surface area (Å²) >= 11 is 0. The second-order valence-corrected chi connectivity index (χ2v) is 2.52. The van der Waals surface area contributed by atoms with Crippen molar-refractivity contribution < 1.29 is 14.7 Å². The molecule has 1 N–H and O–H groups in total. The van der Waals surface area contributed by atoms with Gasteiger partial charge in [0.15, 0.2) is 0 Å². The van der Waals surface area contributed by atoms with E-state index in [0.29, 0.717) is 6.42 Å². The number of aliphatic carboxylic acids is 1. The molecule has 0 unspecified atom stereocenters. The molecule has 0 aliphatic rings. The molecule has 0 heterocycles. The zero-order valence-electron chi connectivity index (χ0n) is 7.33. The summed E-state index contributed by atoms with van der Waals surface area (Å²) in [4.78, 5) is 19.1. The summed E-state index contributed by atoms with van der Waals surface area (Å²) in [6, 6.07) is 0. The van der Waals surface area contributed by atoms with Gasteiger partial charge in [-0.3, -0.25) is 4.79 Å². The first-order valence-corrected chi connectivity index (χ1v) is 3.71. The number of carboxylic acids is 1. The van der Waals surface area contributed by atoms with Gasteiger partial charge >= 0.3 is 5.97 Å². The Bertz CT molecular complexity index is 108. The first-order chi connectivity index (χ1) is 5.04. The van der Waals surface area contributed by atoms with Gasteiger partial charge in [0, 0.05) is 12.3 Å². The Morgan fingerprint density at radius 3 is 1.91 bits per heavy atom. The van der Waals surface area contributed by atoms with Crippen LogP contribution in [0, 0.1) is 5.92 Å². The molecular weight excluding hydrogens is 144 g/mol. The lowest BCUT2D eigenvalue weighted by Crippen LogP contribution is -1.90. The first-order valence-electron chi connectivity index (χ1n) is 3.71. The number of carbonyl (C=O) groups is 2. The van der Waals surface area contributed by atoms with E-state index in [-0.39, 0.29) is 5.92 Å². The fourth-order valence-corrected chi connectivity index (χ4v) is 0.214. The third kappa shape index (κ3) is 27.2. The third-order valence-electron chi connectivity index (χ3n) is 0.736. The second kappa shape index (κ2) is 9.14. The highest BCUT2D eigenvalue weighted by Gasteiger charge is 1.87. The number of carboxylic acid groups (broad SMARTS) is 1. The quantitative estimate of drug-likeness (QED) is 0.639. The molecule has 0 radical (unpaired) electrons. The van der Waals surface area contributed by atoms with Crippen molar-refractivity contribution in [2.24, 2.45) is 5.92 Å². The third-order valence-corrected chi connectivity index (χ3v) is 0.736. The van der Waals surface area contributed by atoms with E-state index in [4.69, 9.17) is 5.11 Å². The zero-order valence-corrected chi connectivity index (χ0v) is 7.33. The highest BCUT2D eigenvalue weighted by molar-refractivity contribution is 5.66. The lowest BCUT2D eigenvalue weighted by Gasteiger charge is -1.79. The summed E-state index contributed by atoms with van der Waals surface area (Å²) in [5.41, 5.74) is 0. The molecule has 0 saturated carbocycles. The maximum atomic E-state index is 9.60. The minimum absolute atomic E-state index is 0.204. The van der Waals surface area contributed by atoms with Gasteiger partial charge in [0.05, 0.1) is 0 Å². The molecular formula is C8H16O3. The normalized spacial score (nSPS) is 8.36. The molecule has 0 spiro atoms. The molecule has 0 amide bonds. The van der Waals surface area contributed by atoms with E-state index < -0.39 is 5.97 Å². The maximum absolute atomic E-state index is 9.60. The van der Waals surface area contributed by atoms with Gasteiger partial charge in [-0.15, -0.1) is 0 Å². The molecule has 0 aromatic carbocycles. The van der Waals surface area contributed by atoms with Crippen LogP contribution < -0.4 is 0 Å². The Kier molecular flexibility index (Phi) is 10.6. The number of hydrogen-bond donors (Lipinski definition) is 1. The zero-order chi connectivity index (χ0) is 9.28. The molecule has 0 aromatic rings.